The zero-order valence-electron chi connectivity index (χ0n) is 10.7. The molecule has 0 unspecified atom stereocenters. The van der Waals surface area contributed by atoms with E-state index in [9.17, 15) is 0 Å². The molecule has 22 heteroatoms. The normalized spacial score (nSPS) is 1.04. The summed E-state index contributed by atoms with van der Waals surface area (Å²) in [5.74, 6) is 0. The molecule has 0 saturated carbocycles. The van der Waals surface area contributed by atoms with Gasteiger partial charge < -0.3 is 97.8 Å². The molecule has 19 nitrogen and oxygen atoms in total. The van der Waals surface area contributed by atoms with Crippen LogP contribution < -0.4 is 0 Å². The average molecular weight is 439 g/mol. The minimum atomic E-state index is -1.83. The summed E-state index contributed by atoms with van der Waals surface area (Å²) in [7, 11) is 0. The van der Waals surface area contributed by atoms with Crippen LogP contribution in [0.4, 0.5) is 4.79 Å². The molecule has 0 amide bonds. The van der Waals surface area contributed by atoms with E-state index in [-0.39, 0.29) is 151 Å². The van der Waals surface area contributed by atoms with Gasteiger partial charge in [0.25, 0.3) is 0 Å². The van der Waals surface area contributed by atoms with E-state index in [0.717, 1.165) is 0 Å². The van der Waals surface area contributed by atoms with E-state index in [1.54, 1.807) is 0 Å². The third-order valence-corrected chi connectivity index (χ3v) is 0. The molecule has 0 aliphatic rings. The maximum absolute atomic E-state index is 8.56. The first-order valence-corrected chi connectivity index (χ1v) is 0.651. The van der Waals surface area contributed by atoms with Crippen LogP contribution in [0.25, 0.3) is 0 Å². The zero-order valence-corrected chi connectivity index (χ0v) is 14.7. The van der Waals surface area contributed by atoms with Crippen LogP contribution in [0, 0.1) is 0 Å². The molecule has 0 aliphatic heterocycles. The smallest absolute Gasteiger partial charge is 0.870 e. The van der Waals surface area contributed by atoms with E-state index in [0.29, 0.717) is 0 Å². The molecule has 0 saturated heterocycles. The van der Waals surface area contributed by atoms with E-state index >= 15 is 0 Å². The Morgan fingerprint density at radius 1 is 0.391 bits per heavy atom. The van der Waals surface area contributed by atoms with Crippen molar-refractivity contribution in [1.82, 2.24) is 0 Å². The maximum Gasteiger partial charge on any atom is 3.00 e. The molecular weight excluding hydrogens is 420 g/mol. The molecule has 0 aromatic carbocycles. The Labute approximate surface area is 171 Å². The quantitative estimate of drug-likeness (QED) is 0.348. The van der Waals surface area contributed by atoms with Crippen molar-refractivity contribution in [2.45, 2.75) is 0 Å². The first-order chi connectivity index (χ1) is 1.73. The molecule has 0 heterocycles. The van der Waals surface area contributed by atoms with E-state index in [1.165, 1.54) is 0 Å². The van der Waals surface area contributed by atoms with E-state index < -0.39 is 6.16 Å². The molecular formula is CH18FeMg2O19-9. The van der Waals surface area contributed by atoms with Gasteiger partial charge in [0, 0.05) is 0 Å². The third-order valence-electron chi connectivity index (χ3n) is 0. The Balaban J connectivity index is -0.000000000263. The number of hydrogen-bond donors (Lipinski definition) is 2. The zero-order chi connectivity index (χ0) is 3.58. The van der Waals surface area contributed by atoms with Crippen molar-refractivity contribution in [3.05, 3.63) is 0 Å². The van der Waals surface area contributed by atoms with Crippen molar-refractivity contribution in [2.75, 3.05) is 0 Å². The van der Waals surface area contributed by atoms with Crippen LogP contribution in [0.5, 0.6) is 0 Å². The van der Waals surface area contributed by atoms with Crippen LogP contribution in [0.2, 0.25) is 0 Å². The van der Waals surface area contributed by atoms with Crippen LogP contribution >= 0.6 is 0 Å². The van der Waals surface area contributed by atoms with Crippen molar-refractivity contribution in [3.63, 3.8) is 0 Å². The number of rotatable bonds is 0. The minimum absolute atomic E-state index is 0. The first-order valence-electron chi connectivity index (χ1n) is 0.651. The summed E-state index contributed by atoms with van der Waals surface area (Å²) in [5.41, 5.74) is 0. The van der Waals surface area contributed by atoms with Crippen LogP contribution in [0.3, 0.4) is 0 Å². The molecule has 0 aliphatic carbocycles. The Kier molecular flexibility index (Phi) is 30700. The van der Waals surface area contributed by atoms with Gasteiger partial charge >= 0.3 is 69.3 Å². The van der Waals surface area contributed by atoms with Gasteiger partial charge in [0.15, 0.2) is 0 Å². The van der Waals surface area contributed by atoms with Gasteiger partial charge in [-0.1, -0.05) is 0 Å². The molecule has 1 radical (unpaired) electrons. The number of carbonyl (C=O) groups is 1. The Bertz CT molecular complexity index is 44.4. The predicted octanol–water partition coefficient (Wildman–Crippen LogP) is -3.37. The summed E-state index contributed by atoms with van der Waals surface area (Å²) >= 11 is 0. The summed E-state index contributed by atoms with van der Waals surface area (Å²) < 4.78 is 0. The molecule has 0 spiro atoms. The van der Waals surface area contributed by atoms with Gasteiger partial charge in [-0.2, -0.15) is 0 Å². The Morgan fingerprint density at radius 2 is 0.391 bits per heavy atom. The standard InChI is InChI=1S/CH2O3.Fe.2Mg.16H2O/c2-1(3)4;;;;;;;;;;;;;;;;;;;/h(H2,2,3,4);;;;16*1H2/q;+3;2*+2;;;;;;;;;;;;;;;;/p-16. The molecule has 157 valence electrons. The third kappa shape index (κ3) is 20900. The fraction of sp³-hybridized carbons (Fsp3) is 0. The van der Waals surface area contributed by atoms with Crippen molar-refractivity contribution in [1.29, 1.82) is 0 Å². The van der Waals surface area contributed by atoms with Gasteiger partial charge in [0.2, 0.25) is 0 Å². The molecule has 0 fully saturated rings. The molecule has 0 aromatic rings. The van der Waals surface area contributed by atoms with Crippen LogP contribution in [-0.2, 0) is 17.1 Å². The summed E-state index contributed by atoms with van der Waals surface area (Å²) in [6.07, 6.45) is -1.83. The van der Waals surface area contributed by atoms with E-state index in [2.05, 4.69) is 0 Å². The fourth-order valence-electron chi connectivity index (χ4n) is 0. The van der Waals surface area contributed by atoms with Gasteiger partial charge in [-0.3, -0.25) is 0 Å². The monoisotopic (exact) mass is 438 g/mol. The Hall–Kier alpha value is 0.682. The van der Waals surface area contributed by atoms with E-state index in [4.69, 9.17) is 15.0 Å². The molecule has 0 atom stereocenters. The van der Waals surface area contributed by atoms with Crippen molar-refractivity contribution >= 4 is 52.3 Å². The molecule has 0 bridgehead atoms. The summed E-state index contributed by atoms with van der Waals surface area (Å²) in [6, 6.07) is 0. The number of carboxylic acid groups (broad SMARTS) is 2. The van der Waals surface area contributed by atoms with Gasteiger partial charge in [0.05, 0.1) is 0 Å². The number of hydrogen-bond acceptors (Lipinski definition) is 17. The topological polar surface area (TPSA) is 538 Å². The fourth-order valence-corrected chi connectivity index (χ4v) is 0. The van der Waals surface area contributed by atoms with Crippen molar-refractivity contribution in [3.8, 4) is 0 Å². The molecule has 0 aromatic heterocycles. The summed E-state index contributed by atoms with van der Waals surface area (Å²) in [5, 5.41) is 13.9. The second kappa shape index (κ2) is 787. The van der Waals surface area contributed by atoms with Crippen molar-refractivity contribution < 1.29 is 120 Å². The van der Waals surface area contributed by atoms with Gasteiger partial charge in [0.1, 0.15) is 0 Å². The van der Waals surface area contributed by atoms with Crippen molar-refractivity contribution in [2.24, 2.45) is 0 Å². The average Bonchev–Trinajstić information content (AvgIpc) is 0.811. The Morgan fingerprint density at radius 3 is 0.391 bits per heavy atom. The molecule has 18 N–H and O–H groups in total. The second-order valence-electron chi connectivity index (χ2n) is 0.283. The van der Waals surface area contributed by atoms with Crippen LogP contribution in [0.1, 0.15) is 0 Å². The largest absolute Gasteiger partial charge is 3.00 e. The minimum Gasteiger partial charge on any atom is -0.870 e. The molecule has 23 heavy (non-hydrogen) atoms. The first kappa shape index (κ1) is 899. The van der Waals surface area contributed by atoms with E-state index in [1.807, 2.05) is 0 Å². The van der Waals surface area contributed by atoms with Crippen LogP contribution in [-0.4, -0.2) is 150 Å². The predicted molar refractivity (Wildman–Crippen MR) is 53.1 cm³/mol. The SMILES string of the molecule is O=C(O)O.[Fe+3].[Mg+2].[Mg+2].[OH-].[OH-].[OH-].[OH-].[OH-].[OH-].[OH-].[OH-].[OH-].[OH-].[OH-].[OH-].[OH-].[OH-].[OH-].[OH-]. The van der Waals surface area contributed by atoms with Gasteiger partial charge in [-0.25, -0.2) is 4.79 Å². The molecule has 0 rings (SSSR count). The second-order valence-corrected chi connectivity index (χ2v) is 0.283. The maximum atomic E-state index is 8.56. The van der Waals surface area contributed by atoms with Crippen LogP contribution in [0.15, 0.2) is 0 Å². The summed E-state index contributed by atoms with van der Waals surface area (Å²) in [4.78, 5) is 8.56. The summed E-state index contributed by atoms with van der Waals surface area (Å²) in [6.45, 7) is 0. The van der Waals surface area contributed by atoms with Gasteiger partial charge in [-0.05, 0) is 0 Å². The van der Waals surface area contributed by atoms with Gasteiger partial charge in [-0.15, -0.1) is 0 Å².